The van der Waals surface area contributed by atoms with Crippen LogP contribution in [0.4, 0.5) is 0 Å². The molecule has 20 heavy (non-hydrogen) atoms. The SMILES string of the molecule is CCOC(=O)[C@@]1(C)C[C@@]1(Cl)P(=O)(OC(C)C)OC(C)C. The summed E-state index contributed by atoms with van der Waals surface area (Å²) in [6, 6.07) is 0. The lowest BCUT2D eigenvalue weighted by Gasteiger charge is -2.28. The molecule has 2 atom stereocenters. The molecule has 0 aromatic rings. The molecule has 0 N–H and O–H groups in total. The molecule has 1 rings (SSSR count). The summed E-state index contributed by atoms with van der Waals surface area (Å²) in [6.07, 6.45) is -0.415. The van der Waals surface area contributed by atoms with Gasteiger partial charge < -0.3 is 13.8 Å². The van der Waals surface area contributed by atoms with Gasteiger partial charge in [0.15, 0.2) is 4.62 Å². The molecule has 0 amide bonds. The lowest BCUT2D eigenvalue weighted by molar-refractivity contribution is -0.149. The molecule has 7 heteroatoms. The maximum absolute atomic E-state index is 13.1. The second kappa shape index (κ2) is 5.96. The van der Waals surface area contributed by atoms with Gasteiger partial charge in [0.05, 0.1) is 24.2 Å². The highest BCUT2D eigenvalue weighted by Crippen LogP contribution is 2.82. The van der Waals surface area contributed by atoms with Gasteiger partial charge in [0.2, 0.25) is 0 Å². The molecule has 1 aliphatic rings. The van der Waals surface area contributed by atoms with Gasteiger partial charge >= 0.3 is 13.6 Å². The number of carbonyl (C=O) groups excluding carboxylic acids is 1. The largest absolute Gasteiger partial charge is 0.466 e. The van der Waals surface area contributed by atoms with E-state index in [9.17, 15) is 9.36 Å². The van der Waals surface area contributed by atoms with Gasteiger partial charge in [0, 0.05) is 0 Å². The molecule has 0 saturated heterocycles. The minimum atomic E-state index is -3.64. The monoisotopic (exact) mass is 326 g/mol. The van der Waals surface area contributed by atoms with Crippen LogP contribution in [0.15, 0.2) is 0 Å². The van der Waals surface area contributed by atoms with Crippen molar-refractivity contribution in [3.8, 4) is 0 Å². The number of esters is 1. The van der Waals surface area contributed by atoms with Crippen LogP contribution in [0.25, 0.3) is 0 Å². The van der Waals surface area contributed by atoms with Crippen LogP contribution in [0.2, 0.25) is 0 Å². The lowest BCUT2D eigenvalue weighted by atomic mass is 10.1. The Morgan fingerprint density at radius 3 is 2.05 bits per heavy atom. The zero-order valence-corrected chi connectivity index (χ0v) is 14.6. The Morgan fingerprint density at radius 1 is 1.25 bits per heavy atom. The van der Waals surface area contributed by atoms with E-state index in [4.69, 9.17) is 25.4 Å². The predicted octanol–water partition coefficient (Wildman–Crippen LogP) is 3.94. The molecular weight excluding hydrogens is 303 g/mol. The zero-order valence-electron chi connectivity index (χ0n) is 12.9. The Balaban J connectivity index is 3.04. The van der Waals surface area contributed by atoms with Crippen molar-refractivity contribution in [3.05, 3.63) is 0 Å². The molecule has 0 radical (unpaired) electrons. The second-order valence-corrected chi connectivity index (χ2v) is 8.88. The minimum Gasteiger partial charge on any atom is -0.466 e. The van der Waals surface area contributed by atoms with Crippen LogP contribution in [-0.4, -0.2) is 29.4 Å². The van der Waals surface area contributed by atoms with Gasteiger partial charge in [0.25, 0.3) is 0 Å². The first-order valence-electron chi connectivity index (χ1n) is 6.85. The van der Waals surface area contributed by atoms with Crippen LogP contribution in [0.1, 0.15) is 48.0 Å². The Hall–Kier alpha value is -0.0900. The fraction of sp³-hybridized carbons (Fsp3) is 0.923. The highest BCUT2D eigenvalue weighted by Gasteiger charge is 2.80. The van der Waals surface area contributed by atoms with Crippen LogP contribution < -0.4 is 0 Å². The van der Waals surface area contributed by atoms with Gasteiger partial charge in [-0.3, -0.25) is 9.36 Å². The number of halogens is 1. The van der Waals surface area contributed by atoms with Crippen molar-refractivity contribution in [2.45, 2.75) is 64.8 Å². The minimum absolute atomic E-state index is 0.219. The molecular formula is C13H24ClO5P. The Morgan fingerprint density at radius 2 is 1.70 bits per heavy atom. The predicted molar refractivity (Wildman–Crippen MR) is 78.0 cm³/mol. The van der Waals surface area contributed by atoms with Crippen LogP contribution in [0, 0.1) is 5.41 Å². The van der Waals surface area contributed by atoms with Gasteiger partial charge in [-0.25, -0.2) is 0 Å². The van der Waals surface area contributed by atoms with Gasteiger partial charge in [-0.1, -0.05) is 0 Å². The molecule has 1 fully saturated rings. The molecule has 0 heterocycles. The number of hydrogen-bond acceptors (Lipinski definition) is 5. The molecule has 0 aromatic carbocycles. The molecule has 0 spiro atoms. The van der Waals surface area contributed by atoms with E-state index in [0.717, 1.165) is 0 Å². The van der Waals surface area contributed by atoms with Crippen molar-refractivity contribution in [2.24, 2.45) is 5.41 Å². The quantitative estimate of drug-likeness (QED) is 0.403. The molecule has 118 valence electrons. The normalized spacial score (nSPS) is 29.9. The maximum atomic E-state index is 13.1. The fourth-order valence-corrected chi connectivity index (χ4v) is 5.37. The second-order valence-electron chi connectivity index (χ2n) is 5.79. The number of carbonyl (C=O) groups is 1. The highest BCUT2D eigenvalue weighted by atomic mass is 35.5. The van der Waals surface area contributed by atoms with E-state index in [0.29, 0.717) is 0 Å². The van der Waals surface area contributed by atoms with Crippen molar-refractivity contribution < 1.29 is 23.1 Å². The number of alkyl halides is 1. The summed E-state index contributed by atoms with van der Waals surface area (Å²) in [5, 5.41) is 0. The van der Waals surface area contributed by atoms with Gasteiger partial charge in [-0.15, -0.1) is 11.6 Å². The highest BCUT2D eigenvalue weighted by molar-refractivity contribution is 7.58. The standard InChI is InChI=1S/C13H24ClO5P/c1-7-17-11(15)12(6)8-13(12,14)20(16,18-9(2)3)19-10(4)5/h9-10H,7-8H2,1-6H3/t12-,13-/m1/s1. The molecule has 0 unspecified atom stereocenters. The maximum Gasteiger partial charge on any atom is 0.353 e. The average molecular weight is 327 g/mol. The van der Waals surface area contributed by atoms with Crippen molar-refractivity contribution in [2.75, 3.05) is 6.61 Å². The first kappa shape index (κ1) is 18.0. The Labute approximate surface area is 125 Å². The summed E-state index contributed by atoms with van der Waals surface area (Å²) in [5.41, 5.74) is -1.04. The summed E-state index contributed by atoms with van der Waals surface area (Å²) in [5.74, 6) is -0.463. The first-order valence-corrected chi connectivity index (χ1v) is 8.77. The molecule has 5 nitrogen and oxygen atoms in total. The van der Waals surface area contributed by atoms with Gasteiger partial charge in [-0.2, -0.15) is 0 Å². The summed E-state index contributed by atoms with van der Waals surface area (Å²) >= 11 is 6.46. The Bertz CT molecular complexity index is 411. The van der Waals surface area contributed by atoms with Crippen LogP contribution in [0.3, 0.4) is 0 Å². The van der Waals surface area contributed by atoms with E-state index in [1.165, 1.54) is 0 Å². The van der Waals surface area contributed by atoms with E-state index in [-0.39, 0.29) is 25.2 Å². The van der Waals surface area contributed by atoms with Crippen LogP contribution in [0.5, 0.6) is 0 Å². The average Bonchev–Trinajstić information content (AvgIpc) is 2.83. The van der Waals surface area contributed by atoms with E-state index in [1.54, 1.807) is 41.5 Å². The van der Waals surface area contributed by atoms with Crippen molar-refractivity contribution >= 4 is 25.2 Å². The van der Waals surface area contributed by atoms with E-state index < -0.39 is 23.6 Å². The van der Waals surface area contributed by atoms with Crippen molar-refractivity contribution in [1.82, 2.24) is 0 Å². The number of ether oxygens (including phenoxy) is 1. The summed E-state index contributed by atoms with van der Waals surface area (Å²) in [4.78, 5) is 12.0. The zero-order chi connectivity index (χ0) is 15.8. The van der Waals surface area contributed by atoms with Crippen molar-refractivity contribution in [1.29, 1.82) is 0 Å². The number of hydrogen-bond donors (Lipinski definition) is 0. The third-order valence-corrected chi connectivity index (χ3v) is 7.26. The van der Waals surface area contributed by atoms with Crippen LogP contribution >= 0.6 is 19.2 Å². The molecule has 1 saturated carbocycles. The summed E-state index contributed by atoms with van der Waals surface area (Å²) < 4.78 is 27.7. The lowest BCUT2D eigenvalue weighted by Crippen LogP contribution is -2.27. The molecule has 0 aliphatic heterocycles. The first-order chi connectivity index (χ1) is 9.02. The van der Waals surface area contributed by atoms with E-state index in [2.05, 4.69) is 0 Å². The van der Waals surface area contributed by atoms with Gasteiger partial charge in [0.1, 0.15) is 0 Å². The van der Waals surface area contributed by atoms with Crippen molar-refractivity contribution in [3.63, 3.8) is 0 Å². The molecule has 0 aromatic heterocycles. The fourth-order valence-electron chi connectivity index (χ4n) is 2.09. The molecule has 0 bridgehead atoms. The van der Waals surface area contributed by atoms with Crippen LogP contribution in [-0.2, 0) is 23.1 Å². The van der Waals surface area contributed by atoms with Gasteiger partial charge in [-0.05, 0) is 48.0 Å². The third kappa shape index (κ3) is 3.06. The summed E-state index contributed by atoms with van der Waals surface area (Å²) in [7, 11) is -3.64. The third-order valence-electron chi connectivity index (χ3n) is 3.17. The Kier molecular flexibility index (Phi) is 5.35. The van der Waals surface area contributed by atoms with E-state index >= 15 is 0 Å². The smallest absolute Gasteiger partial charge is 0.353 e. The topological polar surface area (TPSA) is 61.8 Å². The number of rotatable bonds is 7. The summed E-state index contributed by atoms with van der Waals surface area (Å²) in [6.45, 7) is 10.6. The van der Waals surface area contributed by atoms with E-state index in [1.807, 2.05) is 0 Å². The molecule has 1 aliphatic carbocycles.